The van der Waals surface area contributed by atoms with Crippen molar-refractivity contribution in [1.29, 1.82) is 0 Å². The van der Waals surface area contributed by atoms with Crippen molar-refractivity contribution in [2.24, 2.45) is 0 Å². The Labute approximate surface area is 109 Å². The maximum atomic E-state index is 12.2. The van der Waals surface area contributed by atoms with Gasteiger partial charge in [-0.05, 0) is 37.5 Å². The highest BCUT2D eigenvalue weighted by molar-refractivity contribution is 7.13. The molecule has 18 heavy (non-hydrogen) atoms. The largest absolute Gasteiger partial charge is 0.299 e. The van der Waals surface area contributed by atoms with Crippen molar-refractivity contribution in [3.63, 3.8) is 0 Å². The molecule has 0 aromatic carbocycles. The molecule has 2 aromatic heterocycles. The van der Waals surface area contributed by atoms with Crippen molar-refractivity contribution in [2.75, 3.05) is 13.1 Å². The molecule has 1 aliphatic heterocycles. The number of rotatable bonds is 3. The highest BCUT2D eigenvalue weighted by Crippen LogP contribution is 2.18. The van der Waals surface area contributed by atoms with Gasteiger partial charge in [0.1, 0.15) is 10.2 Å². The fourth-order valence-corrected chi connectivity index (χ4v) is 3.32. The molecule has 0 saturated carbocycles. The molecule has 2 aromatic rings. The molecule has 0 radical (unpaired) electrons. The van der Waals surface area contributed by atoms with Crippen LogP contribution >= 0.6 is 11.5 Å². The average Bonchev–Trinajstić information content (AvgIpc) is 3.01. The van der Waals surface area contributed by atoms with Crippen LogP contribution in [0.3, 0.4) is 0 Å². The molecule has 0 aliphatic carbocycles. The molecule has 0 N–H and O–H groups in total. The highest BCUT2D eigenvalue weighted by Gasteiger charge is 2.23. The van der Waals surface area contributed by atoms with Gasteiger partial charge in [-0.1, -0.05) is 6.92 Å². The normalized spacial score (nSPS) is 20.8. The monoisotopic (exact) mass is 264 g/mol. The third-order valence-electron chi connectivity index (χ3n) is 3.66. The smallest absolute Gasteiger partial charge is 0.272 e. The van der Waals surface area contributed by atoms with Crippen molar-refractivity contribution in [3.05, 3.63) is 22.9 Å². The Hall–Kier alpha value is -1.27. The van der Waals surface area contributed by atoms with E-state index in [-0.39, 0.29) is 5.56 Å². The van der Waals surface area contributed by atoms with Crippen molar-refractivity contribution in [1.82, 2.24) is 18.8 Å². The summed E-state index contributed by atoms with van der Waals surface area (Å²) in [6.45, 7) is 5.11. The van der Waals surface area contributed by atoms with Gasteiger partial charge in [0.25, 0.3) is 5.56 Å². The van der Waals surface area contributed by atoms with E-state index in [0.29, 0.717) is 16.3 Å². The lowest BCUT2D eigenvalue weighted by atomic mass is 10.2. The fourth-order valence-electron chi connectivity index (χ4n) is 2.67. The average molecular weight is 264 g/mol. The van der Waals surface area contributed by atoms with E-state index in [4.69, 9.17) is 0 Å². The van der Waals surface area contributed by atoms with Gasteiger partial charge in [0.15, 0.2) is 0 Å². The number of aromatic nitrogens is 3. The zero-order valence-corrected chi connectivity index (χ0v) is 11.2. The van der Waals surface area contributed by atoms with Crippen LogP contribution in [0.25, 0.3) is 10.2 Å². The van der Waals surface area contributed by atoms with Gasteiger partial charge in [-0.3, -0.25) is 14.3 Å². The van der Waals surface area contributed by atoms with Gasteiger partial charge >= 0.3 is 0 Å². The number of nitrogens with zero attached hydrogens (tertiary/aromatic N) is 4. The summed E-state index contributed by atoms with van der Waals surface area (Å²) in [5.41, 5.74) is 0.755. The van der Waals surface area contributed by atoms with Crippen LogP contribution in [-0.2, 0) is 6.54 Å². The van der Waals surface area contributed by atoms with Gasteiger partial charge in [-0.15, -0.1) is 0 Å². The first kappa shape index (κ1) is 11.8. The Morgan fingerprint density at radius 2 is 2.44 bits per heavy atom. The van der Waals surface area contributed by atoms with E-state index in [9.17, 15) is 4.79 Å². The molecule has 0 amide bonds. The lowest BCUT2D eigenvalue weighted by molar-refractivity contribution is 0.242. The molecule has 96 valence electrons. The van der Waals surface area contributed by atoms with E-state index in [0.717, 1.165) is 19.6 Å². The van der Waals surface area contributed by atoms with E-state index in [1.807, 2.05) is 0 Å². The van der Waals surface area contributed by atoms with Gasteiger partial charge in [0, 0.05) is 12.6 Å². The molecule has 1 fully saturated rings. The predicted molar refractivity (Wildman–Crippen MR) is 71.9 cm³/mol. The van der Waals surface area contributed by atoms with E-state index >= 15 is 0 Å². The van der Waals surface area contributed by atoms with Crippen LogP contribution in [0.1, 0.15) is 19.8 Å². The van der Waals surface area contributed by atoms with E-state index < -0.39 is 0 Å². The number of hydrogen-bond acceptors (Lipinski definition) is 5. The topological polar surface area (TPSA) is 51.0 Å². The lowest BCUT2D eigenvalue weighted by Crippen LogP contribution is -2.35. The number of hydrogen-bond donors (Lipinski definition) is 0. The third kappa shape index (κ3) is 1.95. The van der Waals surface area contributed by atoms with Crippen LogP contribution in [0.5, 0.6) is 0 Å². The summed E-state index contributed by atoms with van der Waals surface area (Å²) in [7, 11) is 0. The van der Waals surface area contributed by atoms with Gasteiger partial charge in [0.2, 0.25) is 0 Å². The quantitative estimate of drug-likeness (QED) is 0.839. The number of fused-ring (bicyclic) bond motifs is 1. The molecule has 3 heterocycles. The molecule has 1 unspecified atom stereocenters. The molecule has 6 heteroatoms. The Bertz CT molecular complexity index is 605. The van der Waals surface area contributed by atoms with Gasteiger partial charge in [0.05, 0.1) is 12.5 Å². The van der Waals surface area contributed by atoms with E-state index in [1.54, 1.807) is 17.1 Å². The summed E-state index contributed by atoms with van der Waals surface area (Å²) in [6.07, 6.45) is 5.70. The fraction of sp³-hybridized carbons (Fsp3) is 0.583. The highest BCUT2D eigenvalue weighted by atomic mass is 32.1. The molecule has 1 aliphatic rings. The van der Waals surface area contributed by atoms with Crippen molar-refractivity contribution in [3.8, 4) is 0 Å². The van der Waals surface area contributed by atoms with Crippen LogP contribution in [-0.4, -0.2) is 38.0 Å². The molecule has 1 saturated heterocycles. The lowest BCUT2D eigenvalue weighted by Gasteiger charge is -2.23. The molecule has 0 spiro atoms. The summed E-state index contributed by atoms with van der Waals surface area (Å²) in [5, 5.41) is 0. The van der Waals surface area contributed by atoms with E-state index in [2.05, 4.69) is 21.2 Å². The van der Waals surface area contributed by atoms with Crippen LogP contribution in [0.4, 0.5) is 0 Å². The molecular formula is C12H16N4OS. The summed E-state index contributed by atoms with van der Waals surface area (Å²) >= 11 is 1.23. The minimum atomic E-state index is 0.0467. The van der Waals surface area contributed by atoms with Gasteiger partial charge in [-0.25, -0.2) is 4.98 Å². The minimum absolute atomic E-state index is 0.0467. The van der Waals surface area contributed by atoms with E-state index in [1.165, 1.54) is 24.4 Å². The maximum absolute atomic E-state index is 12.2. The zero-order chi connectivity index (χ0) is 12.5. The Balaban J connectivity index is 1.90. The van der Waals surface area contributed by atoms with Crippen LogP contribution in [0.15, 0.2) is 17.3 Å². The Morgan fingerprint density at radius 3 is 3.28 bits per heavy atom. The second-order valence-corrected chi connectivity index (χ2v) is 5.47. The first-order chi connectivity index (χ1) is 8.79. The zero-order valence-electron chi connectivity index (χ0n) is 10.4. The van der Waals surface area contributed by atoms with Crippen LogP contribution in [0, 0.1) is 0 Å². The van der Waals surface area contributed by atoms with Crippen molar-refractivity contribution < 1.29 is 0 Å². The maximum Gasteiger partial charge on any atom is 0.272 e. The minimum Gasteiger partial charge on any atom is -0.299 e. The summed E-state index contributed by atoms with van der Waals surface area (Å²) < 4.78 is 6.42. The number of likely N-dealkylation sites (N-methyl/N-ethyl adjacent to an activating group) is 1. The predicted octanol–water partition coefficient (Wildman–Crippen LogP) is 1.34. The summed E-state index contributed by atoms with van der Waals surface area (Å²) in [4.78, 5) is 19.0. The first-order valence-electron chi connectivity index (χ1n) is 6.33. The van der Waals surface area contributed by atoms with Crippen LogP contribution < -0.4 is 5.56 Å². The molecule has 3 rings (SSSR count). The summed E-state index contributed by atoms with van der Waals surface area (Å²) in [6, 6.07) is 0.472. The Morgan fingerprint density at radius 1 is 1.56 bits per heavy atom. The number of likely N-dealkylation sites (tertiary alicyclic amines) is 1. The molecule has 1 atom stereocenters. The van der Waals surface area contributed by atoms with Gasteiger partial charge in [-0.2, -0.15) is 4.37 Å². The van der Waals surface area contributed by atoms with Crippen LogP contribution in [0.2, 0.25) is 0 Å². The second-order valence-electron chi connectivity index (χ2n) is 4.67. The SMILES string of the molecule is CCN1CCCC1Cn1cnc2cnsc2c1=O. The van der Waals surface area contributed by atoms with Crippen molar-refractivity contribution in [2.45, 2.75) is 32.4 Å². The first-order valence-corrected chi connectivity index (χ1v) is 7.11. The molecule has 0 bridgehead atoms. The van der Waals surface area contributed by atoms with Crippen molar-refractivity contribution >= 4 is 21.7 Å². The molecular weight excluding hydrogens is 248 g/mol. The molecule has 5 nitrogen and oxygen atoms in total. The third-order valence-corrected chi connectivity index (χ3v) is 4.43. The van der Waals surface area contributed by atoms with Gasteiger partial charge < -0.3 is 0 Å². The second kappa shape index (κ2) is 4.78. The Kier molecular flexibility index (Phi) is 3.13. The summed E-state index contributed by atoms with van der Waals surface area (Å²) in [5.74, 6) is 0. The standard InChI is InChI=1S/C12H16N4OS/c1-2-15-5-3-4-9(15)7-16-8-13-10-6-14-18-11(10)12(16)17/h6,8-9H,2-5,7H2,1H3.